The van der Waals surface area contributed by atoms with Crippen molar-refractivity contribution in [3.63, 3.8) is 0 Å². The average Bonchev–Trinajstić information content (AvgIpc) is 2.46. The Morgan fingerprint density at radius 3 is 2.45 bits per heavy atom. The Morgan fingerprint density at radius 2 is 1.85 bits per heavy atom. The summed E-state index contributed by atoms with van der Waals surface area (Å²) in [5, 5.41) is 0. The monoisotopic (exact) mass is 295 g/mol. The predicted molar refractivity (Wildman–Crippen MR) is 82.2 cm³/mol. The van der Waals surface area contributed by atoms with Gasteiger partial charge in [0.2, 0.25) is 10.0 Å². The van der Waals surface area contributed by atoms with Crippen LogP contribution in [0.5, 0.6) is 0 Å². The molecule has 0 saturated heterocycles. The van der Waals surface area contributed by atoms with Crippen LogP contribution in [0.15, 0.2) is 29.2 Å². The van der Waals surface area contributed by atoms with Gasteiger partial charge < -0.3 is 0 Å². The zero-order chi connectivity index (χ0) is 14.6. The molecule has 0 heterocycles. The number of hydrogen-bond donors (Lipinski definition) is 1. The third-order valence-electron chi connectivity index (χ3n) is 4.35. The van der Waals surface area contributed by atoms with Crippen molar-refractivity contribution < 1.29 is 8.42 Å². The van der Waals surface area contributed by atoms with Crippen LogP contribution >= 0.6 is 0 Å². The van der Waals surface area contributed by atoms with Crippen LogP contribution in [-0.4, -0.2) is 14.5 Å². The number of rotatable bonds is 5. The summed E-state index contributed by atoms with van der Waals surface area (Å²) in [6.07, 6.45) is 6.90. The van der Waals surface area contributed by atoms with Crippen molar-refractivity contribution >= 4 is 10.0 Å². The molecule has 1 aliphatic carbocycles. The Hall–Kier alpha value is -0.870. The van der Waals surface area contributed by atoms with Gasteiger partial charge in [-0.25, -0.2) is 13.1 Å². The molecule has 0 bridgehead atoms. The van der Waals surface area contributed by atoms with Crippen molar-refractivity contribution in [2.75, 3.05) is 0 Å². The molecule has 112 valence electrons. The van der Waals surface area contributed by atoms with E-state index in [1.54, 1.807) is 12.1 Å². The molecule has 0 amide bonds. The molecule has 3 nitrogen and oxygen atoms in total. The summed E-state index contributed by atoms with van der Waals surface area (Å²) in [5.74, 6) is 0.493. The Labute approximate surface area is 122 Å². The number of nitrogens with one attached hydrogen (secondary N) is 1. The van der Waals surface area contributed by atoms with E-state index in [1.807, 2.05) is 19.1 Å². The number of hydrogen-bond acceptors (Lipinski definition) is 2. The molecule has 1 unspecified atom stereocenters. The number of benzene rings is 1. The van der Waals surface area contributed by atoms with E-state index in [-0.39, 0.29) is 6.04 Å². The molecule has 1 aromatic rings. The molecular weight excluding hydrogens is 270 g/mol. The Kier molecular flexibility index (Phi) is 5.22. The lowest BCUT2D eigenvalue weighted by molar-refractivity contribution is 0.285. The molecule has 1 aliphatic rings. The Bertz CT molecular complexity index is 533. The molecule has 1 saturated carbocycles. The van der Waals surface area contributed by atoms with Gasteiger partial charge in [0.05, 0.1) is 4.90 Å². The van der Waals surface area contributed by atoms with Crippen molar-refractivity contribution in [1.82, 2.24) is 4.72 Å². The lowest BCUT2D eigenvalue weighted by Crippen LogP contribution is -2.40. The third-order valence-corrected chi connectivity index (χ3v) is 6.00. The quantitative estimate of drug-likeness (QED) is 0.901. The minimum atomic E-state index is -3.40. The van der Waals surface area contributed by atoms with Crippen molar-refractivity contribution in [2.24, 2.45) is 5.92 Å². The van der Waals surface area contributed by atoms with Crippen LogP contribution in [0.2, 0.25) is 0 Å². The van der Waals surface area contributed by atoms with Crippen LogP contribution in [0, 0.1) is 12.8 Å². The molecule has 0 radical (unpaired) electrons. The highest BCUT2D eigenvalue weighted by molar-refractivity contribution is 7.89. The first kappa shape index (κ1) is 15.5. The topological polar surface area (TPSA) is 46.2 Å². The van der Waals surface area contributed by atoms with E-state index in [0.717, 1.165) is 24.8 Å². The minimum absolute atomic E-state index is 0.0694. The van der Waals surface area contributed by atoms with Gasteiger partial charge in [-0.2, -0.15) is 0 Å². The first-order valence-corrected chi connectivity index (χ1v) is 9.11. The SMILES string of the molecule is CCC(NS(=O)(=O)c1ccccc1C)C1CCCCC1. The van der Waals surface area contributed by atoms with Crippen molar-refractivity contribution in [2.45, 2.75) is 63.3 Å². The van der Waals surface area contributed by atoms with Gasteiger partial charge in [-0.1, -0.05) is 44.4 Å². The van der Waals surface area contributed by atoms with Crippen LogP contribution in [0.3, 0.4) is 0 Å². The molecular formula is C16H25NO2S. The van der Waals surface area contributed by atoms with Gasteiger partial charge in [0.15, 0.2) is 0 Å². The van der Waals surface area contributed by atoms with Crippen molar-refractivity contribution in [3.05, 3.63) is 29.8 Å². The average molecular weight is 295 g/mol. The van der Waals surface area contributed by atoms with E-state index < -0.39 is 10.0 Å². The molecule has 2 rings (SSSR count). The van der Waals surface area contributed by atoms with Crippen LogP contribution in [0.1, 0.15) is 51.0 Å². The standard InChI is InChI=1S/C16H25NO2S/c1-3-15(14-10-5-4-6-11-14)17-20(18,19)16-12-8-7-9-13(16)2/h7-9,12,14-15,17H,3-6,10-11H2,1-2H3. The predicted octanol–water partition coefficient (Wildman–Crippen LogP) is 3.63. The van der Waals surface area contributed by atoms with Gasteiger partial charge in [-0.3, -0.25) is 0 Å². The maximum Gasteiger partial charge on any atom is 0.241 e. The molecule has 0 spiro atoms. The molecule has 1 N–H and O–H groups in total. The molecule has 4 heteroatoms. The van der Waals surface area contributed by atoms with Crippen LogP contribution < -0.4 is 4.72 Å². The van der Waals surface area contributed by atoms with Gasteiger partial charge in [-0.05, 0) is 43.7 Å². The van der Waals surface area contributed by atoms with Gasteiger partial charge in [0, 0.05) is 6.04 Å². The summed E-state index contributed by atoms with van der Waals surface area (Å²) >= 11 is 0. The molecule has 20 heavy (non-hydrogen) atoms. The fourth-order valence-corrected chi connectivity index (χ4v) is 4.80. The Morgan fingerprint density at radius 1 is 1.20 bits per heavy atom. The second kappa shape index (κ2) is 6.72. The van der Waals surface area contributed by atoms with E-state index >= 15 is 0 Å². The van der Waals surface area contributed by atoms with E-state index in [9.17, 15) is 8.42 Å². The van der Waals surface area contributed by atoms with Crippen molar-refractivity contribution in [3.8, 4) is 0 Å². The fourth-order valence-electron chi connectivity index (χ4n) is 3.17. The summed E-state index contributed by atoms with van der Waals surface area (Å²) in [6, 6.07) is 7.25. The highest BCUT2D eigenvalue weighted by atomic mass is 32.2. The van der Waals surface area contributed by atoms with E-state index in [1.165, 1.54) is 19.3 Å². The molecule has 1 fully saturated rings. The van der Waals surface area contributed by atoms with Gasteiger partial charge in [-0.15, -0.1) is 0 Å². The fraction of sp³-hybridized carbons (Fsp3) is 0.625. The lowest BCUT2D eigenvalue weighted by atomic mass is 9.83. The van der Waals surface area contributed by atoms with E-state index in [0.29, 0.717) is 10.8 Å². The van der Waals surface area contributed by atoms with Gasteiger partial charge >= 0.3 is 0 Å². The zero-order valence-electron chi connectivity index (χ0n) is 12.4. The van der Waals surface area contributed by atoms with Crippen LogP contribution in [0.4, 0.5) is 0 Å². The van der Waals surface area contributed by atoms with E-state index in [4.69, 9.17) is 0 Å². The molecule has 0 aromatic heterocycles. The third kappa shape index (κ3) is 3.61. The van der Waals surface area contributed by atoms with Gasteiger partial charge in [0.1, 0.15) is 0 Å². The first-order valence-electron chi connectivity index (χ1n) is 7.62. The second-order valence-corrected chi connectivity index (χ2v) is 7.48. The Balaban J connectivity index is 2.15. The van der Waals surface area contributed by atoms with Crippen LogP contribution in [0.25, 0.3) is 0 Å². The molecule has 1 aromatic carbocycles. The molecule has 1 atom stereocenters. The number of sulfonamides is 1. The zero-order valence-corrected chi connectivity index (χ0v) is 13.2. The maximum absolute atomic E-state index is 12.6. The largest absolute Gasteiger partial charge is 0.241 e. The maximum atomic E-state index is 12.6. The van der Waals surface area contributed by atoms with Crippen molar-refractivity contribution in [1.29, 1.82) is 0 Å². The summed E-state index contributed by atoms with van der Waals surface area (Å²) in [6.45, 7) is 3.91. The summed E-state index contributed by atoms with van der Waals surface area (Å²) in [7, 11) is -3.40. The normalized spacial score (nSPS) is 18.9. The highest BCUT2D eigenvalue weighted by Crippen LogP contribution is 2.28. The smallest absolute Gasteiger partial charge is 0.208 e. The summed E-state index contributed by atoms with van der Waals surface area (Å²) in [4.78, 5) is 0.411. The first-order chi connectivity index (χ1) is 9.54. The number of aryl methyl sites for hydroxylation is 1. The summed E-state index contributed by atoms with van der Waals surface area (Å²) < 4.78 is 28.0. The second-order valence-electron chi connectivity index (χ2n) is 5.80. The lowest BCUT2D eigenvalue weighted by Gasteiger charge is -2.30. The molecule has 0 aliphatic heterocycles. The van der Waals surface area contributed by atoms with Crippen LogP contribution in [-0.2, 0) is 10.0 Å². The van der Waals surface area contributed by atoms with Gasteiger partial charge in [0.25, 0.3) is 0 Å². The van der Waals surface area contributed by atoms with E-state index in [2.05, 4.69) is 11.6 Å². The highest BCUT2D eigenvalue weighted by Gasteiger charge is 2.27. The minimum Gasteiger partial charge on any atom is -0.208 e. The summed E-state index contributed by atoms with van der Waals surface area (Å²) in [5.41, 5.74) is 0.804.